The average molecular weight is 246 g/mol. The highest BCUT2D eigenvalue weighted by Gasteiger charge is 2.41. The highest BCUT2D eigenvalue weighted by molar-refractivity contribution is 7.91. The van der Waals surface area contributed by atoms with Gasteiger partial charge in [-0.15, -0.1) is 3.82 Å². The summed E-state index contributed by atoms with van der Waals surface area (Å²) in [6.07, 6.45) is 0. The van der Waals surface area contributed by atoms with Crippen molar-refractivity contribution in [3.05, 3.63) is 28.8 Å². The number of sulfonamides is 1. The van der Waals surface area contributed by atoms with Crippen LogP contribution >= 0.6 is 11.8 Å². The van der Waals surface area contributed by atoms with Crippen LogP contribution in [0, 0.1) is 13.8 Å². The molecule has 1 aromatic rings. The number of fused-ring (bicyclic) bond motifs is 1. The molecule has 0 aromatic heterocycles. The van der Waals surface area contributed by atoms with Crippen molar-refractivity contribution in [3.63, 3.8) is 0 Å². The fourth-order valence-corrected chi connectivity index (χ4v) is 3.08. The van der Waals surface area contributed by atoms with Crippen LogP contribution in [0.3, 0.4) is 0 Å². The molecule has 6 heteroatoms. The molecule has 1 aromatic carbocycles. The summed E-state index contributed by atoms with van der Waals surface area (Å²) in [5.74, 6) is -0.673. The Kier molecular flexibility index (Phi) is 2.06. The maximum atomic E-state index is 11.6. The molecule has 0 N–H and O–H groups in total. The number of aryl methyl sites for hydroxylation is 1. The van der Waals surface area contributed by atoms with Crippen LogP contribution < -0.4 is 0 Å². The van der Waals surface area contributed by atoms with Crippen LogP contribution in [-0.2, 0) is 10.0 Å². The van der Waals surface area contributed by atoms with Crippen molar-refractivity contribution in [1.82, 2.24) is 3.82 Å². The van der Waals surface area contributed by atoms with E-state index in [2.05, 4.69) is 0 Å². The van der Waals surface area contributed by atoms with E-state index in [0.717, 1.165) is 5.56 Å². The third kappa shape index (κ3) is 1.20. The molecule has 15 heavy (non-hydrogen) atoms. The number of carbonyl (C=O) groups excluding carboxylic acids is 1. The standard InChI is InChI=1S/C9H8ClNO3S/c1-5-3-4-7-8(6(5)2)9(12)11(10)15(7,13)14/h3-4H,1-2H3. The average Bonchev–Trinajstić information content (AvgIpc) is 2.34. The number of amides is 1. The molecule has 0 saturated carbocycles. The summed E-state index contributed by atoms with van der Waals surface area (Å²) in [4.78, 5) is 11.6. The summed E-state index contributed by atoms with van der Waals surface area (Å²) in [6.45, 7) is 3.52. The van der Waals surface area contributed by atoms with E-state index >= 15 is 0 Å². The molecule has 4 nitrogen and oxygen atoms in total. The normalized spacial score (nSPS) is 18.1. The second-order valence-corrected chi connectivity index (χ2v) is 5.70. The van der Waals surface area contributed by atoms with Gasteiger partial charge < -0.3 is 0 Å². The van der Waals surface area contributed by atoms with Gasteiger partial charge in [0, 0.05) is 11.8 Å². The van der Waals surface area contributed by atoms with Crippen LogP contribution in [0.1, 0.15) is 21.5 Å². The van der Waals surface area contributed by atoms with E-state index in [1.165, 1.54) is 6.07 Å². The van der Waals surface area contributed by atoms with Crippen molar-refractivity contribution in [2.24, 2.45) is 0 Å². The molecule has 80 valence electrons. The van der Waals surface area contributed by atoms with Gasteiger partial charge in [0.2, 0.25) is 0 Å². The van der Waals surface area contributed by atoms with Gasteiger partial charge >= 0.3 is 0 Å². The van der Waals surface area contributed by atoms with E-state index < -0.39 is 15.9 Å². The lowest BCUT2D eigenvalue weighted by atomic mass is 10.0. The molecule has 0 spiro atoms. The molecular weight excluding hydrogens is 238 g/mol. The summed E-state index contributed by atoms with van der Waals surface area (Å²) in [5.41, 5.74) is 1.71. The molecule has 0 bridgehead atoms. The Labute approximate surface area is 92.6 Å². The Balaban J connectivity index is 2.90. The van der Waals surface area contributed by atoms with E-state index in [9.17, 15) is 13.2 Å². The summed E-state index contributed by atoms with van der Waals surface area (Å²) in [6, 6.07) is 3.07. The molecule has 0 saturated heterocycles. The molecule has 1 aliphatic rings. The van der Waals surface area contributed by atoms with Crippen molar-refractivity contribution in [2.75, 3.05) is 0 Å². The van der Waals surface area contributed by atoms with Gasteiger partial charge in [0.05, 0.1) is 5.56 Å². The SMILES string of the molecule is Cc1ccc2c(c1C)C(=O)N(Cl)S2(=O)=O. The zero-order valence-corrected chi connectivity index (χ0v) is 9.69. The maximum absolute atomic E-state index is 11.6. The number of benzene rings is 1. The fraction of sp³-hybridized carbons (Fsp3) is 0.222. The van der Waals surface area contributed by atoms with Crippen LogP contribution in [0.4, 0.5) is 0 Å². The Hall–Kier alpha value is -1.07. The molecule has 0 unspecified atom stereocenters. The van der Waals surface area contributed by atoms with Gasteiger partial charge in [-0.25, -0.2) is 0 Å². The first-order valence-corrected chi connectivity index (χ1v) is 6.01. The number of hydrogen-bond donors (Lipinski definition) is 0. The lowest BCUT2D eigenvalue weighted by Crippen LogP contribution is -2.19. The zero-order valence-electron chi connectivity index (χ0n) is 8.11. The Morgan fingerprint density at radius 2 is 1.87 bits per heavy atom. The van der Waals surface area contributed by atoms with E-state index in [0.29, 0.717) is 5.56 Å². The number of hydrogen-bond acceptors (Lipinski definition) is 3. The van der Waals surface area contributed by atoms with Crippen molar-refractivity contribution >= 4 is 27.7 Å². The smallest absolute Gasteiger partial charge is 0.267 e. The van der Waals surface area contributed by atoms with Crippen molar-refractivity contribution in [3.8, 4) is 0 Å². The predicted molar refractivity (Wildman–Crippen MR) is 55.1 cm³/mol. The minimum Gasteiger partial charge on any atom is -0.267 e. The van der Waals surface area contributed by atoms with Crippen molar-refractivity contribution < 1.29 is 13.2 Å². The van der Waals surface area contributed by atoms with Gasteiger partial charge in [-0.3, -0.25) is 4.79 Å². The maximum Gasteiger partial charge on any atom is 0.284 e. The molecular formula is C9H8ClNO3S. The molecule has 0 aliphatic carbocycles. The number of rotatable bonds is 0. The second kappa shape index (κ2) is 2.96. The molecule has 0 atom stereocenters. The van der Waals surface area contributed by atoms with Crippen LogP contribution in [0.5, 0.6) is 0 Å². The van der Waals surface area contributed by atoms with Gasteiger partial charge in [0.25, 0.3) is 15.9 Å². The topological polar surface area (TPSA) is 54.5 Å². The third-order valence-electron chi connectivity index (χ3n) is 2.56. The second-order valence-electron chi connectivity index (χ2n) is 3.41. The largest absolute Gasteiger partial charge is 0.284 e. The minimum atomic E-state index is -3.82. The minimum absolute atomic E-state index is 0.00870. The molecule has 2 rings (SSSR count). The molecule has 1 aliphatic heterocycles. The van der Waals surface area contributed by atoms with Gasteiger partial charge in [-0.2, -0.15) is 8.42 Å². The fourth-order valence-electron chi connectivity index (χ4n) is 1.56. The quantitative estimate of drug-likeness (QED) is 0.653. The predicted octanol–water partition coefficient (Wildman–Crippen LogP) is 1.60. The van der Waals surface area contributed by atoms with Gasteiger partial charge in [0.1, 0.15) is 4.90 Å². The van der Waals surface area contributed by atoms with Crippen LogP contribution in [0.15, 0.2) is 17.0 Å². The van der Waals surface area contributed by atoms with Gasteiger partial charge in [0.15, 0.2) is 0 Å². The molecule has 0 fully saturated rings. The highest BCUT2D eigenvalue weighted by Crippen LogP contribution is 2.34. The summed E-state index contributed by atoms with van der Waals surface area (Å²) in [7, 11) is -3.82. The first kappa shape index (κ1) is 10.4. The van der Waals surface area contributed by atoms with Gasteiger partial charge in [-0.1, -0.05) is 6.07 Å². The number of nitrogens with zero attached hydrogens (tertiary/aromatic N) is 1. The monoisotopic (exact) mass is 245 g/mol. The summed E-state index contributed by atoms with van der Waals surface area (Å²) in [5, 5.41) is 0. The van der Waals surface area contributed by atoms with Crippen LogP contribution in [-0.4, -0.2) is 18.1 Å². The molecule has 1 heterocycles. The molecule has 1 amide bonds. The Bertz CT molecular complexity index is 565. The first-order chi connectivity index (χ1) is 6.87. The first-order valence-electron chi connectivity index (χ1n) is 4.23. The number of carbonyl (C=O) groups is 1. The van der Waals surface area contributed by atoms with Gasteiger partial charge in [-0.05, 0) is 31.0 Å². The van der Waals surface area contributed by atoms with E-state index in [4.69, 9.17) is 11.8 Å². The Morgan fingerprint density at radius 1 is 1.27 bits per heavy atom. The summed E-state index contributed by atoms with van der Waals surface area (Å²) < 4.78 is 23.5. The van der Waals surface area contributed by atoms with Crippen molar-refractivity contribution in [1.29, 1.82) is 0 Å². The van der Waals surface area contributed by atoms with Crippen molar-refractivity contribution in [2.45, 2.75) is 18.7 Å². The van der Waals surface area contributed by atoms with Crippen LogP contribution in [0.25, 0.3) is 0 Å². The highest BCUT2D eigenvalue weighted by atomic mass is 35.5. The zero-order chi connectivity index (χ0) is 11.4. The summed E-state index contributed by atoms with van der Waals surface area (Å²) >= 11 is 5.44. The third-order valence-corrected chi connectivity index (χ3v) is 4.74. The van der Waals surface area contributed by atoms with E-state index in [1.807, 2.05) is 6.92 Å². The van der Waals surface area contributed by atoms with Crippen LogP contribution in [0.2, 0.25) is 0 Å². The lowest BCUT2D eigenvalue weighted by molar-refractivity contribution is 0.0929. The van der Waals surface area contributed by atoms with E-state index in [-0.39, 0.29) is 14.3 Å². The number of halogens is 1. The molecule has 0 radical (unpaired) electrons. The van der Waals surface area contributed by atoms with E-state index in [1.54, 1.807) is 13.0 Å². The lowest BCUT2D eigenvalue weighted by Gasteiger charge is -2.02. The Morgan fingerprint density at radius 3 is 2.47 bits per heavy atom.